The smallest absolute Gasteiger partial charge is 0.197 e. The van der Waals surface area contributed by atoms with Gasteiger partial charge in [0.25, 0.3) is 0 Å². The maximum atomic E-state index is 13.9. The van der Waals surface area contributed by atoms with Crippen molar-refractivity contribution >= 4 is 21.7 Å². The van der Waals surface area contributed by atoms with Crippen molar-refractivity contribution in [2.45, 2.75) is 6.92 Å². The Kier molecular flexibility index (Phi) is 3.38. The second-order valence-corrected chi connectivity index (χ2v) is 4.60. The highest BCUT2D eigenvalue weighted by Gasteiger charge is 2.18. The Balaban J connectivity index is 2.56. The molecule has 0 unspecified atom stereocenters. The van der Waals surface area contributed by atoms with E-state index in [4.69, 9.17) is 0 Å². The van der Waals surface area contributed by atoms with E-state index in [1.165, 1.54) is 0 Å². The Hall–Kier alpha value is -1.48. The van der Waals surface area contributed by atoms with Crippen LogP contribution in [0.2, 0.25) is 0 Å². The lowest BCUT2D eigenvalue weighted by molar-refractivity contribution is 0.103. The van der Waals surface area contributed by atoms with E-state index >= 15 is 0 Å². The summed E-state index contributed by atoms with van der Waals surface area (Å²) < 4.78 is 14.4. The predicted octanol–water partition coefficient (Wildman–Crippen LogP) is 4.13. The van der Waals surface area contributed by atoms with E-state index < -0.39 is 5.82 Å². The highest BCUT2D eigenvalue weighted by molar-refractivity contribution is 9.10. The fourth-order valence-electron chi connectivity index (χ4n) is 1.60. The summed E-state index contributed by atoms with van der Waals surface area (Å²) in [5.74, 6) is -0.771. The third-order valence-electron chi connectivity index (χ3n) is 2.55. The quantitative estimate of drug-likeness (QED) is 0.761. The van der Waals surface area contributed by atoms with Crippen molar-refractivity contribution in [3.05, 3.63) is 69.4 Å². The summed E-state index contributed by atoms with van der Waals surface area (Å²) in [6.45, 7) is 1.64. The fourth-order valence-corrected chi connectivity index (χ4v) is 2.08. The Morgan fingerprint density at radius 3 is 2.41 bits per heavy atom. The van der Waals surface area contributed by atoms with E-state index in [2.05, 4.69) is 15.9 Å². The Labute approximate surface area is 107 Å². The first kappa shape index (κ1) is 12.0. The molecule has 0 saturated heterocycles. The van der Waals surface area contributed by atoms with Crippen LogP contribution in [0.3, 0.4) is 0 Å². The van der Waals surface area contributed by atoms with Gasteiger partial charge in [0.05, 0.1) is 5.56 Å². The second kappa shape index (κ2) is 4.80. The van der Waals surface area contributed by atoms with Crippen molar-refractivity contribution in [2.75, 3.05) is 0 Å². The van der Waals surface area contributed by atoms with Crippen LogP contribution in [0, 0.1) is 12.7 Å². The molecular weight excluding hydrogens is 283 g/mol. The molecule has 3 heteroatoms. The molecule has 0 aliphatic rings. The third kappa shape index (κ3) is 2.29. The van der Waals surface area contributed by atoms with Crippen LogP contribution in [-0.4, -0.2) is 5.78 Å². The highest BCUT2D eigenvalue weighted by atomic mass is 79.9. The SMILES string of the molecule is Cc1ccc(Br)c(C(=O)c2ccccc2)c1F. The number of aryl methyl sites for hydroxylation is 1. The van der Waals surface area contributed by atoms with Gasteiger partial charge in [-0.15, -0.1) is 0 Å². The zero-order valence-electron chi connectivity index (χ0n) is 9.21. The number of ketones is 1. The zero-order valence-corrected chi connectivity index (χ0v) is 10.8. The van der Waals surface area contributed by atoms with Crippen molar-refractivity contribution in [2.24, 2.45) is 0 Å². The lowest BCUT2D eigenvalue weighted by Crippen LogP contribution is -2.06. The van der Waals surface area contributed by atoms with Crippen LogP contribution in [0.4, 0.5) is 4.39 Å². The van der Waals surface area contributed by atoms with Crippen molar-refractivity contribution < 1.29 is 9.18 Å². The van der Waals surface area contributed by atoms with E-state index in [1.54, 1.807) is 43.3 Å². The molecule has 0 aliphatic carbocycles. The molecule has 0 aliphatic heterocycles. The fraction of sp³-hybridized carbons (Fsp3) is 0.0714. The number of rotatable bonds is 2. The first-order valence-corrected chi connectivity index (χ1v) is 5.95. The number of hydrogen-bond donors (Lipinski definition) is 0. The van der Waals surface area contributed by atoms with E-state index in [9.17, 15) is 9.18 Å². The van der Waals surface area contributed by atoms with Crippen LogP contribution in [0.15, 0.2) is 46.9 Å². The minimum Gasteiger partial charge on any atom is -0.288 e. The van der Waals surface area contributed by atoms with E-state index in [0.29, 0.717) is 15.6 Å². The topological polar surface area (TPSA) is 17.1 Å². The van der Waals surface area contributed by atoms with Crippen molar-refractivity contribution in [1.82, 2.24) is 0 Å². The molecule has 0 N–H and O–H groups in total. The summed E-state index contributed by atoms with van der Waals surface area (Å²) in [5, 5.41) is 0. The van der Waals surface area contributed by atoms with Crippen LogP contribution in [0.25, 0.3) is 0 Å². The second-order valence-electron chi connectivity index (χ2n) is 3.75. The minimum atomic E-state index is -0.465. The number of halogens is 2. The van der Waals surface area contributed by atoms with Gasteiger partial charge in [-0.2, -0.15) is 0 Å². The zero-order chi connectivity index (χ0) is 12.4. The monoisotopic (exact) mass is 292 g/mol. The standard InChI is InChI=1S/C14H10BrFO/c1-9-7-8-11(15)12(13(9)16)14(17)10-5-3-2-4-6-10/h2-8H,1H3. The van der Waals surface area contributed by atoms with Gasteiger partial charge in [-0.25, -0.2) is 4.39 Å². The van der Waals surface area contributed by atoms with Crippen molar-refractivity contribution in [3.8, 4) is 0 Å². The molecule has 2 rings (SSSR count). The molecule has 17 heavy (non-hydrogen) atoms. The first-order valence-electron chi connectivity index (χ1n) is 5.15. The normalized spacial score (nSPS) is 10.3. The summed E-state index contributed by atoms with van der Waals surface area (Å²) in [6.07, 6.45) is 0. The molecule has 2 aromatic rings. The Bertz CT molecular complexity index is 564. The molecule has 0 bridgehead atoms. The summed E-state index contributed by atoms with van der Waals surface area (Å²) in [6, 6.07) is 12.0. The van der Waals surface area contributed by atoms with Crippen LogP contribution in [0.5, 0.6) is 0 Å². The summed E-state index contributed by atoms with van der Waals surface area (Å²) in [4.78, 5) is 12.2. The predicted molar refractivity (Wildman–Crippen MR) is 68.7 cm³/mol. The van der Waals surface area contributed by atoms with Crippen molar-refractivity contribution in [1.29, 1.82) is 0 Å². The number of carbonyl (C=O) groups is 1. The lowest BCUT2D eigenvalue weighted by atomic mass is 10.0. The van der Waals surface area contributed by atoms with E-state index in [-0.39, 0.29) is 11.3 Å². The van der Waals surface area contributed by atoms with Gasteiger partial charge in [0.2, 0.25) is 0 Å². The van der Waals surface area contributed by atoms with Gasteiger partial charge < -0.3 is 0 Å². The molecule has 2 aromatic carbocycles. The molecule has 0 amide bonds. The molecule has 0 aromatic heterocycles. The van der Waals surface area contributed by atoms with Gasteiger partial charge in [0, 0.05) is 10.0 Å². The summed E-state index contributed by atoms with van der Waals surface area (Å²) >= 11 is 3.22. The van der Waals surface area contributed by atoms with Crippen LogP contribution in [0.1, 0.15) is 21.5 Å². The number of hydrogen-bond acceptors (Lipinski definition) is 1. The minimum absolute atomic E-state index is 0.0937. The van der Waals surface area contributed by atoms with Gasteiger partial charge >= 0.3 is 0 Å². The average Bonchev–Trinajstić information content (AvgIpc) is 2.35. The maximum absolute atomic E-state index is 13.9. The van der Waals surface area contributed by atoms with Gasteiger partial charge in [-0.3, -0.25) is 4.79 Å². The Morgan fingerprint density at radius 1 is 1.12 bits per heavy atom. The van der Waals surface area contributed by atoms with Crippen LogP contribution < -0.4 is 0 Å². The number of carbonyl (C=O) groups excluding carboxylic acids is 1. The number of benzene rings is 2. The van der Waals surface area contributed by atoms with E-state index in [1.807, 2.05) is 6.07 Å². The third-order valence-corrected chi connectivity index (χ3v) is 3.21. The molecular formula is C14H10BrFO. The molecule has 0 heterocycles. The molecule has 0 fully saturated rings. The largest absolute Gasteiger partial charge is 0.288 e. The molecule has 1 nitrogen and oxygen atoms in total. The van der Waals surface area contributed by atoms with Crippen LogP contribution >= 0.6 is 15.9 Å². The molecule has 0 radical (unpaired) electrons. The van der Waals surface area contributed by atoms with E-state index in [0.717, 1.165) is 0 Å². The van der Waals surface area contributed by atoms with Gasteiger partial charge in [-0.05, 0) is 34.5 Å². The summed E-state index contributed by atoms with van der Waals surface area (Å²) in [5.41, 5.74) is 1.04. The highest BCUT2D eigenvalue weighted by Crippen LogP contribution is 2.25. The maximum Gasteiger partial charge on any atom is 0.197 e. The molecule has 86 valence electrons. The lowest BCUT2D eigenvalue weighted by Gasteiger charge is -2.07. The van der Waals surface area contributed by atoms with Gasteiger partial charge in [0.15, 0.2) is 5.78 Å². The molecule has 0 atom stereocenters. The van der Waals surface area contributed by atoms with Gasteiger partial charge in [0.1, 0.15) is 5.82 Å². The van der Waals surface area contributed by atoms with Crippen molar-refractivity contribution in [3.63, 3.8) is 0 Å². The van der Waals surface area contributed by atoms with Crippen LogP contribution in [-0.2, 0) is 0 Å². The average molecular weight is 293 g/mol. The summed E-state index contributed by atoms with van der Waals surface area (Å²) in [7, 11) is 0. The Morgan fingerprint density at radius 2 is 1.76 bits per heavy atom. The molecule has 0 saturated carbocycles. The molecule has 0 spiro atoms. The van der Waals surface area contributed by atoms with Gasteiger partial charge in [-0.1, -0.05) is 36.4 Å². The first-order chi connectivity index (χ1) is 8.11.